The minimum Gasteiger partial charge on any atom is -0.452 e. The summed E-state index contributed by atoms with van der Waals surface area (Å²) in [5.74, 6) is -2.42. The SMILES string of the molecule is CC(=O)Nc1cc(NC(C)=O)cc(C(=O)OCC(=O)NC(=O)NCCc2cccs2)c1. The van der Waals surface area contributed by atoms with Crippen LogP contribution in [-0.2, 0) is 25.5 Å². The standard InChI is InChI=1S/C20H22N4O6S/c1-12(25)22-15-8-14(9-16(10-15)23-13(2)26)19(28)30-11-18(27)24-20(29)21-6-5-17-4-3-7-31-17/h3-4,7-10H,5-6,11H2,1-2H3,(H,22,25)(H,23,26)(H2,21,24,27,29). The van der Waals surface area contributed by atoms with Gasteiger partial charge in [0.05, 0.1) is 5.56 Å². The van der Waals surface area contributed by atoms with E-state index in [9.17, 15) is 24.0 Å². The Morgan fingerprint density at radius 1 is 0.968 bits per heavy atom. The predicted molar refractivity (Wildman–Crippen MR) is 115 cm³/mol. The maximum Gasteiger partial charge on any atom is 0.338 e. The van der Waals surface area contributed by atoms with Crippen LogP contribution in [0.4, 0.5) is 16.2 Å². The summed E-state index contributed by atoms with van der Waals surface area (Å²) in [6, 6.07) is 7.29. The number of ether oxygens (including phenoxy) is 1. The molecule has 0 aliphatic rings. The van der Waals surface area contributed by atoms with Gasteiger partial charge in [-0.25, -0.2) is 9.59 Å². The molecule has 1 aromatic heterocycles. The third-order valence-corrected chi connectivity index (χ3v) is 4.57. The summed E-state index contributed by atoms with van der Waals surface area (Å²) in [7, 11) is 0. The van der Waals surface area contributed by atoms with Crippen LogP contribution in [0.5, 0.6) is 0 Å². The number of imide groups is 1. The van der Waals surface area contributed by atoms with Crippen molar-refractivity contribution in [2.75, 3.05) is 23.8 Å². The number of nitrogens with one attached hydrogen (secondary N) is 4. The van der Waals surface area contributed by atoms with Crippen LogP contribution in [-0.4, -0.2) is 42.9 Å². The van der Waals surface area contributed by atoms with Gasteiger partial charge in [-0.3, -0.25) is 19.7 Å². The summed E-state index contributed by atoms with van der Waals surface area (Å²) >= 11 is 1.56. The van der Waals surface area contributed by atoms with E-state index in [0.29, 0.717) is 13.0 Å². The molecule has 2 aromatic rings. The molecule has 0 unspecified atom stereocenters. The smallest absolute Gasteiger partial charge is 0.338 e. The highest BCUT2D eigenvalue weighted by molar-refractivity contribution is 7.09. The minimum atomic E-state index is -0.868. The Balaban J connectivity index is 1.87. The van der Waals surface area contributed by atoms with Gasteiger partial charge < -0.3 is 20.7 Å². The topological polar surface area (TPSA) is 143 Å². The molecule has 31 heavy (non-hydrogen) atoms. The van der Waals surface area contributed by atoms with Crippen LogP contribution in [0.2, 0.25) is 0 Å². The van der Waals surface area contributed by atoms with E-state index in [1.807, 2.05) is 17.5 Å². The number of rotatable bonds is 8. The first kappa shape index (κ1) is 23.5. The quantitative estimate of drug-likeness (QED) is 0.456. The molecule has 0 fully saturated rings. The zero-order valence-electron chi connectivity index (χ0n) is 16.9. The molecule has 0 saturated heterocycles. The number of carbonyl (C=O) groups is 5. The van der Waals surface area contributed by atoms with E-state index in [2.05, 4.69) is 21.3 Å². The Morgan fingerprint density at radius 3 is 2.16 bits per heavy atom. The molecule has 0 bridgehead atoms. The lowest BCUT2D eigenvalue weighted by atomic mass is 10.1. The van der Waals surface area contributed by atoms with Crippen LogP contribution in [0, 0.1) is 0 Å². The highest BCUT2D eigenvalue weighted by Gasteiger charge is 2.15. The van der Waals surface area contributed by atoms with E-state index >= 15 is 0 Å². The largest absolute Gasteiger partial charge is 0.452 e. The first-order valence-electron chi connectivity index (χ1n) is 9.20. The van der Waals surface area contributed by atoms with Gasteiger partial charge in [-0.05, 0) is 36.1 Å². The van der Waals surface area contributed by atoms with Crippen LogP contribution in [0.25, 0.3) is 0 Å². The molecular formula is C20H22N4O6S. The molecule has 5 amide bonds. The number of benzene rings is 1. The molecule has 0 aliphatic carbocycles. The predicted octanol–water partition coefficient (Wildman–Crippen LogP) is 1.89. The van der Waals surface area contributed by atoms with Crippen molar-refractivity contribution >= 4 is 52.4 Å². The fraction of sp³-hybridized carbons (Fsp3) is 0.250. The van der Waals surface area contributed by atoms with Crippen molar-refractivity contribution in [1.29, 1.82) is 0 Å². The molecule has 10 nitrogen and oxygen atoms in total. The number of hydrogen-bond acceptors (Lipinski definition) is 7. The Morgan fingerprint density at radius 2 is 1.61 bits per heavy atom. The summed E-state index contributed by atoms with van der Waals surface area (Å²) in [4.78, 5) is 59.5. The number of esters is 1. The van der Waals surface area contributed by atoms with Gasteiger partial charge >= 0.3 is 12.0 Å². The molecule has 0 saturated carbocycles. The van der Waals surface area contributed by atoms with E-state index in [0.717, 1.165) is 4.88 Å². The highest BCUT2D eigenvalue weighted by atomic mass is 32.1. The second kappa shape index (κ2) is 11.5. The number of carbonyl (C=O) groups excluding carboxylic acids is 5. The summed E-state index contributed by atoms with van der Waals surface area (Å²) in [6.07, 6.45) is 0.634. The van der Waals surface area contributed by atoms with E-state index in [4.69, 9.17) is 4.74 Å². The van der Waals surface area contributed by atoms with Gasteiger partial charge in [0.1, 0.15) is 0 Å². The first-order chi connectivity index (χ1) is 14.7. The molecule has 11 heteroatoms. The molecule has 1 heterocycles. The number of urea groups is 1. The molecule has 2 rings (SSSR count). The van der Waals surface area contributed by atoms with Crippen LogP contribution >= 0.6 is 11.3 Å². The van der Waals surface area contributed by atoms with Crippen LogP contribution in [0.3, 0.4) is 0 Å². The van der Waals surface area contributed by atoms with Gasteiger partial charge in [0.15, 0.2) is 6.61 Å². The Kier molecular flexibility index (Phi) is 8.70. The van der Waals surface area contributed by atoms with Gasteiger partial charge in [-0.15, -0.1) is 11.3 Å². The van der Waals surface area contributed by atoms with Crippen molar-refractivity contribution in [1.82, 2.24) is 10.6 Å². The average Bonchev–Trinajstić information content (AvgIpc) is 3.18. The summed E-state index contributed by atoms with van der Waals surface area (Å²) in [5.41, 5.74) is 0.531. The van der Waals surface area contributed by atoms with Gasteiger partial charge in [-0.1, -0.05) is 6.07 Å². The van der Waals surface area contributed by atoms with Gasteiger partial charge in [0.2, 0.25) is 11.8 Å². The number of anilines is 2. The van der Waals surface area contributed by atoms with Gasteiger partial charge in [-0.2, -0.15) is 0 Å². The number of hydrogen-bond donors (Lipinski definition) is 4. The Hall–Kier alpha value is -3.73. The molecule has 0 spiro atoms. The normalized spacial score (nSPS) is 10.0. The molecule has 0 aliphatic heterocycles. The van der Waals surface area contributed by atoms with Gasteiger partial charge in [0, 0.05) is 36.6 Å². The molecular weight excluding hydrogens is 424 g/mol. The summed E-state index contributed by atoms with van der Waals surface area (Å²) < 4.78 is 4.92. The van der Waals surface area contributed by atoms with Gasteiger partial charge in [0.25, 0.3) is 5.91 Å². The van der Waals surface area contributed by atoms with Crippen molar-refractivity contribution in [2.45, 2.75) is 20.3 Å². The lowest BCUT2D eigenvalue weighted by Gasteiger charge is -2.11. The van der Waals surface area contributed by atoms with Crippen molar-refractivity contribution < 1.29 is 28.7 Å². The maximum absolute atomic E-state index is 12.3. The molecule has 0 radical (unpaired) electrons. The minimum absolute atomic E-state index is 0.00296. The van der Waals surface area contributed by atoms with Crippen LogP contribution in [0.15, 0.2) is 35.7 Å². The molecule has 164 valence electrons. The van der Waals surface area contributed by atoms with Crippen LogP contribution < -0.4 is 21.3 Å². The average molecular weight is 446 g/mol. The zero-order chi connectivity index (χ0) is 22.8. The maximum atomic E-state index is 12.3. The zero-order valence-corrected chi connectivity index (χ0v) is 17.8. The first-order valence-corrected chi connectivity index (χ1v) is 10.1. The lowest BCUT2D eigenvalue weighted by Crippen LogP contribution is -2.42. The molecule has 4 N–H and O–H groups in total. The number of amides is 5. The van der Waals surface area contributed by atoms with E-state index in [1.54, 1.807) is 11.3 Å². The fourth-order valence-corrected chi connectivity index (χ4v) is 3.18. The van der Waals surface area contributed by atoms with Crippen molar-refractivity contribution in [3.63, 3.8) is 0 Å². The summed E-state index contributed by atoms with van der Waals surface area (Å²) in [5, 5.41) is 11.5. The summed E-state index contributed by atoms with van der Waals surface area (Å²) in [6.45, 7) is 2.25. The Bertz CT molecular complexity index is 940. The number of thiophene rings is 1. The fourth-order valence-electron chi connectivity index (χ4n) is 2.47. The van der Waals surface area contributed by atoms with Crippen molar-refractivity contribution in [2.24, 2.45) is 0 Å². The van der Waals surface area contributed by atoms with E-state index < -0.39 is 24.5 Å². The molecule has 0 atom stereocenters. The van der Waals surface area contributed by atoms with E-state index in [-0.39, 0.29) is 28.8 Å². The third-order valence-electron chi connectivity index (χ3n) is 3.63. The van der Waals surface area contributed by atoms with Crippen molar-refractivity contribution in [3.8, 4) is 0 Å². The third kappa shape index (κ3) is 8.66. The Labute approximate surface area is 182 Å². The van der Waals surface area contributed by atoms with E-state index in [1.165, 1.54) is 32.0 Å². The lowest BCUT2D eigenvalue weighted by molar-refractivity contribution is -0.123. The second-order valence-electron chi connectivity index (χ2n) is 6.37. The molecule has 1 aromatic carbocycles. The van der Waals surface area contributed by atoms with Crippen molar-refractivity contribution in [3.05, 3.63) is 46.2 Å². The highest BCUT2D eigenvalue weighted by Crippen LogP contribution is 2.20. The monoisotopic (exact) mass is 446 g/mol. The second-order valence-corrected chi connectivity index (χ2v) is 7.40. The van der Waals surface area contributed by atoms with Crippen LogP contribution in [0.1, 0.15) is 29.1 Å².